The van der Waals surface area contributed by atoms with Crippen LogP contribution in [0.25, 0.3) is 16.3 Å². The normalized spacial score (nSPS) is 15.0. The highest BCUT2D eigenvalue weighted by atomic mass is 32.1. The Morgan fingerprint density at radius 2 is 1.91 bits per heavy atom. The van der Waals surface area contributed by atoms with Crippen LogP contribution in [0.3, 0.4) is 0 Å². The number of aromatic nitrogens is 2. The van der Waals surface area contributed by atoms with Gasteiger partial charge >= 0.3 is 0 Å². The number of anilines is 1. The standard InChI is InChI=1S/C27H26N4O2S/c1-30(25(32)14-13-20-16-19-8-5-6-11-23(19)28-27(20)33)17-21-18-31(22-9-3-2-4-10-22)29-26(21)24-12-7-15-34-24/h2-12,15,18,20H,13-14,16-17H2,1H3,(H,28,33). The summed E-state index contributed by atoms with van der Waals surface area (Å²) >= 11 is 1.63. The largest absolute Gasteiger partial charge is 0.341 e. The van der Waals surface area contributed by atoms with E-state index in [1.54, 1.807) is 16.2 Å². The van der Waals surface area contributed by atoms with E-state index in [0.29, 0.717) is 25.8 Å². The molecule has 5 rings (SSSR count). The number of carbonyl (C=O) groups is 2. The summed E-state index contributed by atoms with van der Waals surface area (Å²) in [5.41, 5.74) is 4.86. The van der Waals surface area contributed by atoms with Crippen molar-refractivity contribution in [3.63, 3.8) is 0 Å². The number of thiophene rings is 1. The van der Waals surface area contributed by atoms with Gasteiger partial charge in [0.25, 0.3) is 0 Å². The maximum absolute atomic E-state index is 13.0. The molecule has 7 heteroatoms. The van der Waals surface area contributed by atoms with E-state index in [2.05, 4.69) is 5.32 Å². The summed E-state index contributed by atoms with van der Waals surface area (Å²) < 4.78 is 1.87. The Balaban J connectivity index is 1.27. The molecule has 0 bridgehead atoms. The Hall–Kier alpha value is -3.71. The highest BCUT2D eigenvalue weighted by Gasteiger charge is 2.27. The molecule has 0 spiro atoms. The summed E-state index contributed by atoms with van der Waals surface area (Å²) in [6.07, 6.45) is 3.54. The van der Waals surface area contributed by atoms with Gasteiger partial charge in [0, 0.05) is 43.4 Å². The lowest BCUT2D eigenvalue weighted by molar-refractivity contribution is -0.131. The number of rotatable bonds is 7. The number of hydrogen-bond acceptors (Lipinski definition) is 4. The second-order valence-electron chi connectivity index (χ2n) is 8.60. The van der Waals surface area contributed by atoms with E-state index < -0.39 is 0 Å². The van der Waals surface area contributed by atoms with Crippen molar-refractivity contribution in [3.05, 3.63) is 89.4 Å². The predicted molar refractivity (Wildman–Crippen MR) is 135 cm³/mol. The van der Waals surface area contributed by atoms with E-state index in [1.165, 1.54) is 0 Å². The van der Waals surface area contributed by atoms with Crippen LogP contribution < -0.4 is 5.32 Å². The fourth-order valence-electron chi connectivity index (χ4n) is 4.34. The zero-order valence-corrected chi connectivity index (χ0v) is 19.8. The summed E-state index contributed by atoms with van der Waals surface area (Å²) in [6, 6.07) is 21.9. The zero-order valence-electron chi connectivity index (χ0n) is 19.0. The van der Waals surface area contributed by atoms with E-state index in [1.807, 2.05) is 90.0 Å². The fraction of sp³-hybridized carbons (Fsp3) is 0.222. The van der Waals surface area contributed by atoms with Crippen molar-refractivity contribution in [2.75, 3.05) is 12.4 Å². The number of amides is 2. The first kappa shape index (κ1) is 22.1. The Kier molecular flexibility index (Phi) is 6.27. The Morgan fingerprint density at radius 1 is 1.12 bits per heavy atom. The second-order valence-corrected chi connectivity index (χ2v) is 9.54. The van der Waals surface area contributed by atoms with E-state index in [4.69, 9.17) is 5.10 Å². The van der Waals surface area contributed by atoms with Crippen LogP contribution in [-0.2, 0) is 22.6 Å². The molecule has 0 saturated heterocycles. The average Bonchev–Trinajstić information content (AvgIpc) is 3.53. The molecule has 6 nitrogen and oxygen atoms in total. The first-order chi connectivity index (χ1) is 16.6. The van der Waals surface area contributed by atoms with Gasteiger partial charge in [-0.3, -0.25) is 9.59 Å². The minimum absolute atomic E-state index is 0.00160. The van der Waals surface area contributed by atoms with Crippen LogP contribution in [0.4, 0.5) is 5.69 Å². The molecule has 0 saturated carbocycles. The van der Waals surface area contributed by atoms with E-state index in [0.717, 1.165) is 33.1 Å². The molecule has 1 atom stereocenters. The number of fused-ring (bicyclic) bond motifs is 1. The first-order valence-corrected chi connectivity index (χ1v) is 12.3. The molecule has 1 unspecified atom stereocenters. The third kappa shape index (κ3) is 4.65. The van der Waals surface area contributed by atoms with Crippen LogP contribution >= 0.6 is 11.3 Å². The highest BCUT2D eigenvalue weighted by Crippen LogP contribution is 2.30. The molecule has 172 valence electrons. The molecule has 2 amide bonds. The molecule has 2 aromatic carbocycles. The van der Waals surface area contributed by atoms with Crippen molar-refractivity contribution >= 4 is 28.8 Å². The van der Waals surface area contributed by atoms with Gasteiger partial charge in [-0.25, -0.2) is 4.68 Å². The van der Waals surface area contributed by atoms with Gasteiger partial charge in [0.05, 0.1) is 10.6 Å². The van der Waals surface area contributed by atoms with Gasteiger partial charge in [-0.05, 0) is 48.1 Å². The molecular weight excluding hydrogens is 444 g/mol. The summed E-state index contributed by atoms with van der Waals surface area (Å²) in [6.45, 7) is 0.457. The van der Waals surface area contributed by atoms with Gasteiger partial charge in [-0.1, -0.05) is 42.5 Å². The number of nitrogens with zero attached hydrogens (tertiary/aromatic N) is 3. The molecule has 0 radical (unpaired) electrons. The molecule has 1 aliphatic heterocycles. The van der Waals surface area contributed by atoms with Crippen LogP contribution in [0.5, 0.6) is 0 Å². The molecular formula is C27H26N4O2S. The zero-order chi connectivity index (χ0) is 23.5. The average molecular weight is 471 g/mol. The van der Waals surface area contributed by atoms with Crippen molar-refractivity contribution < 1.29 is 9.59 Å². The smallest absolute Gasteiger partial charge is 0.227 e. The molecule has 0 fully saturated rings. The van der Waals surface area contributed by atoms with Gasteiger partial charge < -0.3 is 10.2 Å². The lowest BCUT2D eigenvalue weighted by Crippen LogP contribution is -2.32. The van der Waals surface area contributed by atoms with E-state index in [-0.39, 0.29) is 17.7 Å². The van der Waals surface area contributed by atoms with Crippen molar-refractivity contribution in [1.82, 2.24) is 14.7 Å². The molecule has 1 N–H and O–H groups in total. The van der Waals surface area contributed by atoms with Crippen molar-refractivity contribution in [2.24, 2.45) is 5.92 Å². The Labute approximate surface area is 202 Å². The summed E-state index contributed by atoms with van der Waals surface area (Å²) in [7, 11) is 1.82. The molecule has 2 aromatic heterocycles. The number of para-hydroxylation sites is 2. The quantitative estimate of drug-likeness (QED) is 0.406. The van der Waals surface area contributed by atoms with Crippen LogP contribution in [0, 0.1) is 5.92 Å². The van der Waals surface area contributed by atoms with Crippen molar-refractivity contribution in [3.8, 4) is 16.3 Å². The van der Waals surface area contributed by atoms with Gasteiger partial charge in [0.1, 0.15) is 5.69 Å². The van der Waals surface area contributed by atoms with Crippen LogP contribution in [0.1, 0.15) is 24.0 Å². The number of benzene rings is 2. The maximum Gasteiger partial charge on any atom is 0.227 e. The highest BCUT2D eigenvalue weighted by molar-refractivity contribution is 7.13. The van der Waals surface area contributed by atoms with Gasteiger partial charge in [-0.15, -0.1) is 11.3 Å². The number of hydrogen-bond donors (Lipinski definition) is 1. The molecule has 4 aromatic rings. The molecule has 3 heterocycles. The minimum atomic E-state index is -0.185. The van der Waals surface area contributed by atoms with Gasteiger partial charge in [0.2, 0.25) is 11.8 Å². The van der Waals surface area contributed by atoms with Gasteiger partial charge in [-0.2, -0.15) is 5.10 Å². The number of nitrogens with one attached hydrogen (secondary N) is 1. The van der Waals surface area contributed by atoms with Crippen molar-refractivity contribution in [1.29, 1.82) is 0 Å². The third-order valence-electron chi connectivity index (χ3n) is 6.22. The fourth-order valence-corrected chi connectivity index (χ4v) is 5.08. The summed E-state index contributed by atoms with van der Waals surface area (Å²) in [4.78, 5) is 28.3. The molecule has 34 heavy (non-hydrogen) atoms. The molecule has 0 aliphatic carbocycles. The lowest BCUT2D eigenvalue weighted by Gasteiger charge is -2.25. The second kappa shape index (κ2) is 9.65. The summed E-state index contributed by atoms with van der Waals surface area (Å²) in [5, 5.41) is 9.82. The van der Waals surface area contributed by atoms with E-state index >= 15 is 0 Å². The third-order valence-corrected chi connectivity index (χ3v) is 7.09. The number of carbonyl (C=O) groups excluding carboxylic acids is 2. The Morgan fingerprint density at radius 3 is 2.71 bits per heavy atom. The topological polar surface area (TPSA) is 67.2 Å². The van der Waals surface area contributed by atoms with Crippen LogP contribution in [-0.4, -0.2) is 33.5 Å². The van der Waals surface area contributed by atoms with E-state index in [9.17, 15) is 9.59 Å². The lowest BCUT2D eigenvalue weighted by atomic mass is 9.89. The monoisotopic (exact) mass is 470 g/mol. The predicted octanol–water partition coefficient (Wildman–Crippen LogP) is 5.15. The SMILES string of the molecule is CN(Cc1cn(-c2ccccc2)nc1-c1cccs1)C(=O)CCC1Cc2ccccc2NC1=O. The molecule has 1 aliphatic rings. The Bertz CT molecular complexity index is 1300. The summed E-state index contributed by atoms with van der Waals surface area (Å²) in [5.74, 6) is -0.163. The van der Waals surface area contributed by atoms with Gasteiger partial charge in [0.15, 0.2) is 0 Å². The maximum atomic E-state index is 13.0. The first-order valence-electron chi connectivity index (χ1n) is 11.4. The van der Waals surface area contributed by atoms with Crippen molar-refractivity contribution in [2.45, 2.75) is 25.8 Å². The van der Waals surface area contributed by atoms with Crippen LogP contribution in [0.2, 0.25) is 0 Å². The van der Waals surface area contributed by atoms with Crippen LogP contribution in [0.15, 0.2) is 78.3 Å². The minimum Gasteiger partial charge on any atom is -0.341 e.